The van der Waals surface area contributed by atoms with Gasteiger partial charge in [0.05, 0.1) is 4.90 Å². The molecular formula is C21H25N3O3S. The van der Waals surface area contributed by atoms with Crippen molar-refractivity contribution in [1.82, 2.24) is 4.31 Å². The van der Waals surface area contributed by atoms with Crippen molar-refractivity contribution in [2.45, 2.75) is 37.6 Å². The summed E-state index contributed by atoms with van der Waals surface area (Å²) in [5.74, 6) is -0.0239. The highest BCUT2D eigenvalue weighted by atomic mass is 32.2. The lowest BCUT2D eigenvalue weighted by Crippen LogP contribution is -2.53. The van der Waals surface area contributed by atoms with Gasteiger partial charge in [0.1, 0.15) is 0 Å². The predicted octanol–water partition coefficient (Wildman–Crippen LogP) is 2.78. The van der Waals surface area contributed by atoms with Crippen LogP contribution in [-0.2, 0) is 21.2 Å². The quantitative estimate of drug-likeness (QED) is 0.862. The molecule has 2 aromatic rings. The average Bonchev–Trinajstić information content (AvgIpc) is 2.68. The zero-order chi connectivity index (χ0) is 19.9. The van der Waals surface area contributed by atoms with E-state index in [1.54, 1.807) is 22.5 Å². The number of hydrogen-bond acceptors (Lipinski definition) is 4. The van der Waals surface area contributed by atoms with Gasteiger partial charge in [0, 0.05) is 43.5 Å². The number of nitrogens with zero attached hydrogens (tertiary/aromatic N) is 2. The van der Waals surface area contributed by atoms with Gasteiger partial charge in [0.2, 0.25) is 15.9 Å². The van der Waals surface area contributed by atoms with Crippen molar-refractivity contribution in [2.24, 2.45) is 0 Å². The van der Waals surface area contributed by atoms with Gasteiger partial charge >= 0.3 is 0 Å². The van der Waals surface area contributed by atoms with Crippen LogP contribution in [0.25, 0.3) is 0 Å². The lowest BCUT2D eigenvalue weighted by atomic mass is 10.0. The Labute approximate surface area is 166 Å². The van der Waals surface area contributed by atoms with Crippen LogP contribution in [0.5, 0.6) is 0 Å². The number of fused-ring (bicyclic) bond motifs is 1. The van der Waals surface area contributed by atoms with Crippen molar-refractivity contribution in [3.8, 4) is 0 Å². The van der Waals surface area contributed by atoms with Crippen molar-refractivity contribution in [1.29, 1.82) is 0 Å². The molecule has 1 unspecified atom stereocenters. The highest BCUT2D eigenvalue weighted by Gasteiger charge is 2.33. The summed E-state index contributed by atoms with van der Waals surface area (Å²) in [6, 6.07) is 13.4. The Morgan fingerprint density at radius 1 is 1.04 bits per heavy atom. The van der Waals surface area contributed by atoms with Crippen LogP contribution in [-0.4, -0.2) is 44.3 Å². The summed E-state index contributed by atoms with van der Waals surface area (Å²) in [6.07, 6.45) is 0.963. The van der Waals surface area contributed by atoms with Gasteiger partial charge in [-0.2, -0.15) is 4.31 Å². The molecule has 1 fully saturated rings. The number of nitrogens with one attached hydrogen (secondary N) is 1. The third-order valence-electron chi connectivity index (χ3n) is 5.57. The first-order valence-corrected chi connectivity index (χ1v) is 11.0. The van der Waals surface area contributed by atoms with E-state index in [-0.39, 0.29) is 11.9 Å². The molecule has 0 aliphatic carbocycles. The van der Waals surface area contributed by atoms with Gasteiger partial charge in [0.15, 0.2) is 0 Å². The Kier molecular flexibility index (Phi) is 4.89. The van der Waals surface area contributed by atoms with E-state index in [1.165, 1.54) is 5.56 Å². The number of carbonyl (C=O) groups is 1. The molecule has 2 aliphatic heterocycles. The summed E-state index contributed by atoms with van der Waals surface area (Å²) < 4.78 is 28.0. The third kappa shape index (κ3) is 3.52. The number of sulfonamides is 1. The van der Waals surface area contributed by atoms with E-state index in [0.717, 1.165) is 11.3 Å². The zero-order valence-corrected chi connectivity index (χ0v) is 17.0. The molecule has 0 spiro atoms. The fraction of sp³-hybridized carbons (Fsp3) is 0.381. The van der Waals surface area contributed by atoms with Crippen molar-refractivity contribution in [3.05, 3.63) is 53.6 Å². The SMILES string of the molecule is Cc1ccc(N2CCN(S(=O)(=O)c3ccc4c(c3)CCC(=O)N4)CC2C)cc1. The van der Waals surface area contributed by atoms with E-state index in [1.807, 2.05) is 0 Å². The zero-order valence-electron chi connectivity index (χ0n) is 16.2. The molecule has 1 N–H and O–H groups in total. The minimum absolute atomic E-state index is 0.0239. The number of carbonyl (C=O) groups excluding carboxylic acids is 1. The Morgan fingerprint density at radius 3 is 2.50 bits per heavy atom. The molecule has 2 aliphatic rings. The maximum Gasteiger partial charge on any atom is 0.243 e. The smallest absolute Gasteiger partial charge is 0.243 e. The molecule has 1 atom stereocenters. The lowest BCUT2D eigenvalue weighted by molar-refractivity contribution is -0.116. The summed E-state index contributed by atoms with van der Waals surface area (Å²) in [6.45, 7) is 5.68. The van der Waals surface area contributed by atoms with Crippen molar-refractivity contribution >= 4 is 27.3 Å². The molecule has 6 nitrogen and oxygen atoms in total. The first-order chi connectivity index (χ1) is 13.3. The van der Waals surface area contributed by atoms with Crippen LogP contribution in [0.15, 0.2) is 47.4 Å². The minimum Gasteiger partial charge on any atom is -0.366 e. The van der Waals surface area contributed by atoms with E-state index < -0.39 is 10.0 Å². The highest BCUT2D eigenvalue weighted by molar-refractivity contribution is 7.89. The number of amides is 1. The van der Waals surface area contributed by atoms with Gasteiger partial charge in [-0.3, -0.25) is 4.79 Å². The van der Waals surface area contributed by atoms with Gasteiger partial charge in [-0.05, 0) is 56.2 Å². The maximum atomic E-state index is 13.2. The average molecular weight is 400 g/mol. The normalized spacial score (nSPS) is 20.6. The molecule has 0 bridgehead atoms. The second kappa shape index (κ2) is 7.22. The minimum atomic E-state index is -3.56. The predicted molar refractivity (Wildman–Crippen MR) is 110 cm³/mol. The number of aryl methyl sites for hydroxylation is 2. The fourth-order valence-electron chi connectivity index (χ4n) is 3.93. The van der Waals surface area contributed by atoms with Gasteiger partial charge in [-0.1, -0.05) is 17.7 Å². The van der Waals surface area contributed by atoms with Gasteiger partial charge in [0.25, 0.3) is 0 Å². The number of piperazine rings is 1. The van der Waals surface area contributed by atoms with Crippen LogP contribution in [0, 0.1) is 6.92 Å². The first kappa shape index (κ1) is 19.0. The standard InChI is InChI=1S/C21H25N3O3S/c1-15-3-6-18(7-4-15)24-12-11-23(14-16(24)2)28(26,27)19-8-9-20-17(13-19)5-10-21(25)22-20/h3-4,6-9,13,16H,5,10-12,14H2,1-2H3,(H,22,25). The van der Waals surface area contributed by atoms with Crippen LogP contribution in [0.1, 0.15) is 24.5 Å². The molecule has 148 valence electrons. The topological polar surface area (TPSA) is 69.7 Å². The largest absolute Gasteiger partial charge is 0.366 e. The van der Waals surface area contributed by atoms with E-state index >= 15 is 0 Å². The monoisotopic (exact) mass is 399 g/mol. The molecule has 28 heavy (non-hydrogen) atoms. The Bertz CT molecular complexity index is 1000. The summed E-state index contributed by atoms with van der Waals surface area (Å²) in [5, 5.41) is 2.80. The van der Waals surface area contributed by atoms with Crippen LogP contribution < -0.4 is 10.2 Å². The molecule has 1 saturated heterocycles. The Balaban J connectivity index is 1.53. The lowest BCUT2D eigenvalue weighted by Gasteiger charge is -2.40. The van der Waals surface area contributed by atoms with E-state index in [9.17, 15) is 13.2 Å². The first-order valence-electron chi connectivity index (χ1n) is 9.61. The fourth-order valence-corrected chi connectivity index (χ4v) is 5.49. The molecule has 2 aromatic carbocycles. The number of rotatable bonds is 3. The van der Waals surface area contributed by atoms with Crippen LogP contribution in [0.2, 0.25) is 0 Å². The summed E-state index contributed by atoms with van der Waals surface area (Å²) in [4.78, 5) is 14.1. The summed E-state index contributed by atoms with van der Waals surface area (Å²) in [7, 11) is -3.56. The second-order valence-electron chi connectivity index (χ2n) is 7.61. The van der Waals surface area contributed by atoms with Crippen molar-refractivity contribution in [3.63, 3.8) is 0 Å². The number of benzene rings is 2. The molecule has 1 amide bonds. The van der Waals surface area contributed by atoms with Crippen molar-refractivity contribution in [2.75, 3.05) is 29.9 Å². The molecule has 0 aromatic heterocycles. The molecular weight excluding hydrogens is 374 g/mol. The Morgan fingerprint density at radius 2 is 1.79 bits per heavy atom. The van der Waals surface area contributed by atoms with E-state index in [0.29, 0.717) is 43.1 Å². The molecule has 7 heteroatoms. The molecule has 0 radical (unpaired) electrons. The molecule has 4 rings (SSSR count). The van der Waals surface area contributed by atoms with Crippen LogP contribution in [0.3, 0.4) is 0 Å². The third-order valence-corrected chi connectivity index (χ3v) is 7.43. The van der Waals surface area contributed by atoms with E-state index in [2.05, 4.69) is 48.3 Å². The molecule has 0 saturated carbocycles. The maximum absolute atomic E-state index is 13.2. The van der Waals surface area contributed by atoms with Crippen LogP contribution in [0.4, 0.5) is 11.4 Å². The summed E-state index contributed by atoms with van der Waals surface area (Å²) in [5.41, 5.74) is 3.93. The molecule has 2 heterocycles. The highest BCUT2D eigenvalue weighted by Crippen LogP contribution is 2.29. The Hall–Kier alpha value is -2.38. The summed E-state index contributed by atoms with van der Waals surface area (Å²) >= 11 is 0. The van der Waals surface area contributed by atoms with E-state index in [4.69, 9.17) is 0 Å². The van der Waals surface area contributed by atoms with Crippen molar-refractivity contribution < 1.29 is 13.2 Å². The second-order valence-corrected chi connectivity index (χ2v) is 9.55. The van der Waals surface area contributed by atoms with Gasteiger partial charge < -0.3 is 10.2 Å². The number of hydrogen-bond donors (Lipinski definition) is 1. The number of anilines is 2. The van der Waals surface area contributed by atoms with Gasteiger partial charge in [-0.25, -0.2) is 8.42 Å². The van der Waals surface area contributed by atoms with Crippen LogP contribution >= 0.6 is 0 Å². The van der Waals surface area contributed by atoms with Gasteiger partial charge in [-0.15, -0.1) is 0 Å².